The van der Waals surface area contributed by atoms with Crippen molar-refractivity contribution in [3.63, 3.8) is 0 Å². The van der Waals surface area contributed by atoms with Gasteiger partial charge in [0.1, 0.15) is 11.9 Å². The van der Waals surface area contributed by atoms with Gasteiger partial charge in [-0.05, 0) is 50.1 Å². The molecule has 2 N–H and O–H groups in total. The molecule has 4 heterocycles. The van der Waals surface area contributed by atoms with E-state index < -0.39 is 6.10 Å². The standard InChI is InChI=1S/C19H22N4O2/c24-17(18-6-3-9-25-18)10-16-5-2-8-23(16)13-15-12-21-22-19(15)14-4-1-7-20-11-14/h1,3-4,6-7,9,11-12,16-17,24H,2,5,8,10,13H2,(H,21,22). The zero-order chi connectivity index (χ0) is 17.1. The van der Waals surface area contributed by atoms with Crippen LogP contribution >= 0.6 is 0 Å². The molecule has 1 saturated heterocycles. The number of pyridine rings is 1. The minimum absolute atomic E-state index is 0.344. The van der Waals surface area contributed by atoms with Crippen molar-refractivity contribution in [2.75, 3.05) is 6.54 Å². The Bertz CT molecular complexity index is 785. The smallest absolute Gasteiger partial charge is 0.132 e. The summed E-state index contributed by atoms with van der Waals surface area (Å²) in [5, 5.41) is 17.7. The summed E-state index contributed by atoms with van der Waals surface area (Å²) in [6, 6.07) is 7.96. The number of likely N-dealkylation sites (tertiary alicyclic amines) is 1. The molecule has 2 unspecified atom stereocenters. The van der Waals surface area contributed by atoms with Crippen molar-refractivity contribution < 1.29 is 9.52 Å². The number of rotatable bonds is 6. The maximum Gasteiger partial charge on any atom is 0.132 e. The fourth-order valence-corrected chi connectivity index (χ4v) is 3.64. The van der Waals surface area contributed by atoms with Gasteiger partial charge in [-0.2, -0.15) is 5.10 Å². The van der Waals surface area contributed by atoms with Crippen LogP contribution < -0.4 is 0 Å². The second-order valence-corrected chi connectivity index (χ2v) is 6.55. The first kappa shape index (κ1) is 16.1. The molecule has 0 aliphatic carbocycles. The summed E-state index contributed by atoms with van der Waals surface area (Å²) < 4.78 is 5.33. The van der Waals surface area contributed by atoms with Crippen molar-refractivity contribution in [1.29, 1.82) is 0 Å². The number of nitrogens with zero attached hydrogens (tertiary/aromatic N) is 3. The van der Waals surface area contributed by atoms with Crippen LogP contribution in [-0.4, -0.2) is 37.8 Å². The van der Waals surface area contributed by atoms with E-state index in [9.17, 15) is 5.11 Å². The van der Waals surface area contributed by atoms with Crippen LogP contribution in [0, 0.1) is 0 Å². The van der Waals surface area contributed by atoms with Gasteiger partial charge in [-0.25, -0.2) is 0 Å². The third-order valence-corrected chi connectivity index (χ3v) is 4.91. The van der Waals surface area contributed by atoms with Crippen LogP contribution in [0.1, 0.15) is 36.7 Å². The zero-order valence-electron chi connectivity index (χ0n) is 14.0. The number of H-pyrrole nitrogens is 1. The van der Waals surface area contributed by atoms with Crippen molar-refractivity contribution >= 4 is 0 Å². The Morgan fingerprint density at radius 2 is 2.28 bits per heavy atom. The van der Waals surface area contributed by atoms with Crippen molar-refractivity contribution in [3.05, 3.63) is 60.4 Å². The van der Waals surface area contributed by atoms with Gasteiger partial charge in [0, 0.05) is 36.1 Å². The lowest BCUT2D eigenvalue weighted by Gasteiger charge is -2.25. The Hall–Kier alpha value is -2.44. The molecular weight excluding hydrogens is 316 g/mol. The van der Waals surface area contributed by atoms with E-state index in [2.05, 4.69) is 20.1 Å². The molecule has 1 aliphatic rings. The summed E-state index contributed by atoms with van der Waals surface area (Å²) in [7, 11) is 0. The highest BCUT2D eigenvalue weighted by Crippen LogP contribution is 2.30. The molecule has 3 aromatic heterocycles. The highest BCUT2D eigenvalue weighted by Gasteiger charge is 2.28. The monoisotopic (exact) mass is 338 g/mol. The van der Waals surface area contributed by atoms with Gasteiger partial charge in [-0.3, -0.25) is 15.0 Å². The lowest BCUT2D eigenvalue weighted by atomic mass is 10.0. The summed E-state index contributed by atoms with van der Waals surface area (Å²) >= 11 is 0. The van der Waals surface area contributed by atoms with Crippen molar-refractivity contribution in [1.82, 2.24) is 20.1 Å². The fraction of sp³-hybridized carbons (Fsp3) is 0.368. The summed E-state index contributed by atoms with van der Waals surface area (Å²) in [4.78, 5) is 6.62. The van der Waals surface area contributed by atoms with Crippen LogP contribution in [0.25, 0.3) is 11.3 Å². The van der Waals surface area contributed by atoms with Crippen LogP contribution in [0.2, 0.25) is 0 Å². The molecule has 4 rings (SSSR count). The molecule has 2 atom stereocenters. The third-order valence-electron chi connectivity index (χ3n) is 4.91. The summed E-state index contributed by atoms with van der Waals surface area (Å²) in [5.41, 5.74) is 3.22. The van der Waals surface area contributed by atoms with E-state index in [0.29, 0.717) is 18.2 Å². The predicted molar refractivity (Wildman–Crippen MR) is 93.5 cm³/mol. The highest BCUT2D eigenvalue weighted by atomic mass is 16.4. The van der Waals surface area contributed by atoms with Gasteiger partial charge in [-0.1, -0.05) is 0 Å². The van der Waals surface area contributed by atoms with E-state index in [1.807, 2.05) is 36.7 Å². The largest absolute Gasteiger partial charge is 0.467 e. The lowest BCUT2D eigenvalue weighted by molar-refractivity contribution is 0.0996. The quantitative estimate of drug-likeness (QED) is 0.722. The molecule has 0 radical (unpaired) electrons. The van der Waals surface area contributed by atoms with E-state index in [1.54, 1.807) is 12.5 Å². The molecule has 0 spiro atoms. The first-order valence-electron chi connectivity index (χ1n) is 8.69. The number of aliphatic hydroxyl groups excluding tert-OH is 1. The van der Waals surface area contributed by atoms with Gasteiger partial charge in [0.2, 0.25) is 0 Å². The first-order valence-corrected chi connectivity index (χ1v) is 8.69. The molecule has 130 valence electrons. The van der Waals surface area contributed by atoms with Crippen LogP contribution in [0.3, 0.4) is 0 Å². The molecule has 25 heavy (non-hydrogen) atoms. The molecule has 0 bridgehead atoms. The van der Waals surface area contributed by atoms with Gasteiger partial charge in [0.15, 0.2) is 0 Å². The van der Waals surface area contributed by atoms with Crippen molar-refractivity contribution in [3.8, 4) is 11.3 Å². The second-order valence-electron chi connectivity index (χ2n) is 6.55. The van der Waals surface area contributed by atoms with Gasteiger partial charge in [0.25, 0.3) is 0 Å². The predicted octanol–water partition coefficient (Wildman–Crippen LogP) is 3.15. The third kappa shape index (κ3) is 3.50. The SMILES string of the molecule is OC(CC1CCCN1Cc1cn[nH]c1-c1cccnc1)c1ccco1. The molecular formula is C19H22N4O2. The van der Waals surface area contributed by atoms with Gasteiger partial charge in [-0.15, -0.1) is 0 Å². The highest BCUT2D eigenvalue weighted by molar-refractivity contribution is 5.61. The minimum atomic E-state index is -0.553. The number of nitrogens with one attached hydrogen (secondary N) is 1. The molecule has 0 aromatic carbocycles. The average molecular weight is 338 g/mol. The Balaban J connectivity index is 1.46. The maximum atomic E-state index is 10.4. The van der Waals surface area contributed by atoms with Crippen molar-refractivity contribution in [2.45, 2.75) is 38.0 Å². The van der Waals surface area contributed by atoms with Gasteiger partial charge >= 0.3 is 0 Å². The topological polar surface area (TPSA) is 78.2 Å². The second kappa shape index (κ2) is 7.21. The Morgan fingerprint density at radius 3 is 3.08 bits per heavy atom. The fourth-order valence-electron chi connectivity index (χ4n) is 3.64. The Morgan fingerprint density at radius 1 is 1.32 bits per heavy atom. The maximum absolute atomic E-state index is 10.4. The Labute approximate surface area is 146 Å². The molecule has 0 saturated carbocycles. The molecule has 6 heteroatoms. The van der Waals surface area contributed by atoms with E-state index in [1.165, 1.54) is 0 Å². The number of aromatic nitrogens is 3. The van der Waals surface area contributed by atoms with E-state index in [-0.39, 0.29) is 0 Å². The number of aliphatic hydroxyl groups is 1. The lowest BCUT2D eigenvalue weighted by Crippen LogP contribution is -2.30. The van der Waals surface area contributed by atoms with Crippen LogP contribution in [-0.2, 0) is 6.54 Å². The van der Waals surface area contributed by atoms with Crippen LogP contribution in [0.5, 0.6) is 0 Å². The minimum Gasteiger partial charge on any atom is -0.467 e. The molecule has 6 nitrogen and oxygen atoms in total. The number of furan rings is 1. The normalized spacial score (nSPS) is 19.3. The molecule has 0 amide bonds. The van der Waals surface area contributed by atoms with Crippen LogP contribution in [0.4, 0.5) is 0 Å². The van der Waals surface area contributed by atoms with Crippen molar-refractivity contribution in [2.24, 2.45) is 0 Å². The van der Waals surface area contributed by atoms with E-state index >= 15 is 0 Å². The summed E-state index contributed by atoms with van der Waals surface area (Å²) in [6.07, 6.45) is 9.49. The van der Waals surface area contributed by atoms with E-state index in [4.69, 9.17) is 4.42 Å². The van der Waals surface area contributed by atoms with Gasteiger partial charge < -0.3 is 9.52 Å². The summed E-state index contributed by atoms with van der Waals surface area (Å²) in [6.45, 7) is 1.85. The summed E-state index contributed by atoms with van der Waals surface area (Å²) in [5.74, 6) is 0.645. The molecule has 3 aromatic rings. The van der Waals surface area contributed by atoms with Crippen LogP contribution in [0.15, 0.2) is 53.5 Å². The first-order chi connectivity index (χ1) is 12.3. The molecule has 1 fully saturated rings. The number of hydrogen-bond acceptors (Lipinski definition) is 5. The molecule has 1 aliphatic heterocycles. The van der Waals surface area contributed by atoms with E-state index in [0.717, 1.165) is 42.8 Å². The average Bonchev–Trinajstić information content (AvgIpc) is 3.38. The number of aromatic amines is 1. The number of hydrogen-bond donors (Lipinski definition) is 2. The zero-order valence-corrected chi connectivity index (χ0v) is 14.0. The Kier molecular flexibility index (Phi) is 4.63. The van der Waals surface area contributed by atoms with Gasteiger partial charge in [0.05, 0.1) is 18.2 Å².